The standard InChI is InChI=1S/C20H25Cl2NO4/c1-2-3-4-7-10-27-20(26)14-11-17(16(22)12-15(14)21)23-19(25)13-8-5-6-9-18(13)24/h11-13H,2-10H2,1H3,(H,23,25). The first-order valence-corrected chi connectivity index (χ1v) is 10.2. The van der Waals surface area contributed by atoms with Crippen LogP contribution in [0.15, 0.2) is 12.1 Å². The molecule has 1 aliphatic carbocycles. The van der Waals surface area contributed by atoms with Gasteiger partial charge in [-0.3, -0.25) is 9.59 Å². The van der Waals surface area contributed by atoms with Crippen LogP contribution in [0.4, 0.5) is 5.69 Å². The Morgan fingerprint density at radius 1 is 1.15 bits per heavy atom. The Bertz CT molecular complexity index is 705. The molecule has 1 aromatic carbocycles. The first kappa shape index (κ1) is 21.7. The lowest BCUT2D eigenvalue weighted by Crippen LogP contribution is -2.32. The van der Waals surface area contributed by atoms with Crippen molar-refractivity contribution in [3.05, 3.63) is 27.7 Å². The van der Waals surface area contributed by atoms with Crippen molar-refractivity contribution < 1.29 is 19.1 Å². The van der Waals surface area contributed by atoms with Crippen molar-refractivity contribution in [1.29, 1.82) is 0 Å². The predicted molar refractivity (Wildman–Crippen MR) is 106 cm³/mol. The van der Waals surface area contributed by atoms with Gasteiger partial charge in [0, 0.05) is 6.42 Å². The molecule has 148 valence electrons. The molecule has 0 bridgehead atoms. The van der Waals surface area contributed by atoms with Gasteiger partial charge in [-0.25, -0.2) is 4.79 Å². The van der Waals surface area contributed by atoms with Gasteiger partial charge in [0.2, 0.25) is 5.91 Å². The van der Waals surface area contributed by atoms with Crippen LogP contribution >= 0.6 is 23.2 Å². The molecule has 5 nitrogen and oxygen atoms in total. The highest BCUT2D eigenvalue weighted by Gasteiger charge is 2.29. The second kappa shape index (κ2) is 10.7. The van der Waals surface area contributed by atoms with Crippen molar-refractivity contribution in [3.63, 3.8) is 0 Å². The lowest BCUT2D eigenvalue weighted by atomic mass is 9.87. The van der Waals surface area contributed by atoms with E-state index in [1.54, 1.807) is 0 Å². The van der Waals surface area contributed by atoms with Gasteiger partial charge in [-0.15, -0.1) is 0 Å². The fourth-order valence-electron chi connectivity index (χ4n) is 3.05. The third-order valence-electron chi connectivity index (χ3n) is 4.64. The van der Waals surface area contributed by atoms with Gasteiger partial charge in [0.05, 0.1) is 33.8 Å². The number of hydrogen-bond donors (Lipinski definition) is 1. The number of esters is 1. The molecule has 1 aliphatic rings. The summed E-state index contributed by atoms with van der Waals surface area (Å²) in [5.41, 5.74) is 0.393. The molecule has 27 heavy (non-hydrogen) atoms. The van der Waals surface area contributed by atoms with Crippen LogP contribution in [0.3, 0.4) is 0 Å². The molecule has 1 atom stereocenters. The molecule has 1 N–H and O–H groups in total. The number of ether oxygens (including phenoxy) is 1. The van der Waals surface area contributed by atoms with Gasteiger partial charge in [0.1, 0.15) is 5.78 Å². The average molecular weight is 414 g/mol. The number of amides is 1. The summed E-state index contributed by atoms with van der Waals surface area (Å²) >= 11 is 12.3. The lowest BCUT2D eigenvalue weighted by molar-refractivity contribution is -0.132. The molecule has 0 saturated heterocycles. The highest BCUT2D eigenvalue weighted by Crippen LogP contribution is 2.31. The van der Waals surface area contributed by atoms with E-state index in [0.717, 1.165) is 38.5 Å². The molecule has 0 aromatic heterocycles. The molecule has 1 unspecified atom stereocenters. The van der Waals surface area contributed by atoms with E-state index in [1.807, 2.05) is 0 Å². The van der Waals surface area contributed by atoms with E-state index in [4.69, 9.17) is 27.9 Å². The maximum atomic E-state index is 12.4. The van der Waals surface area contributed by atoms with Crippen LogP contribution in [-0.2, 0) is 14.3 Å². The third-order valence-corrected chi connectivity index (χ3v) is 5.26. The summed E-state index contributed by atoms with van der Waals surface area (Å²) in [5, 5.41) is 3.02. The zero-order valence-electron chi connectivity index (χ0n) is 15.5. The Balaban J connectivity index is 2.04. The van der Waals surface area contributed by atoms with E-state index < -0.39 is 17.8 Å². The Hall–Kier alpha value is -1.59. The summed E-state index contributed by atoms with van der Waals surface area (Å²) < 4.78 is 5.26. The molecule has 1 fully saturated rings. The summed E-state index contributed by atoms with van der Waals surface area (Å²) in [4.78, 5) is 36.7. The van der Waals surface area contributed by atoms with Gasteiger partial charge >= 0.3 is 5.97 Å². The summed E-state index contributed by atoms with van der Waals surface area (Å²) in [7, 11) is 0. The molecule has 7 heteroatoms. The zero-order chi connectivity index (χ0) is 19.8. The van der Waals surface area contributed by atoms with E-state index in [0.29, 0.717) is 19.4 Å². The molecule has 1 aromatic rings. The fraction of sp³-hybridized carbons (Fsp3) is 0.550. The minimum atomic E-state index is -0.667. The van der Waals surface area contributed by atoms with Crippen molar-refractivity contribution in [2.75, 3.05) is 11.9 Å². The monoisotopic (exact) mass is 413 g/mol. The number of benzene rings is 1. The molecule has 1 amide bonds. The molecule has 0 aliphatic heterocycles. The number of rotatable bonds is 8. The molecule has 0 radical (unpaired) electrons. The first-order valence-electron chi connectivity index (χ1n) is 9.43. The Morgan fingerprint density at radius 3 is 2.63 bits per heavy atom. The minimum Gasteiger partial charge on any atom is -0.462 e. The van der Waals surface area contributed by atoms with Crippen LogP contribution in [0.1, 0.15) is 68.6 Å². The quantitative estimate of drug-likeness (QED) is 0.350. The SMILES string of the molecule is CCCCCCOC(=O)c1cc(NC(=O)C2CCCCC2=O)c(Cl)cc1Cl. The van der Waals surface area contributed by atoms with Crippen molar-refractivity contribution in [2.24, 2.45) is 5.92 Å². The number of unbranched alkanes of at least 4 members (excludes halogenated alkanes) is 3. The predicted octanol–water partition coefficient (Wildman–Crippen LogP) is 5.43. The van der Waals surface area contributed by atoms with Crippen LogP contribution in [0.5, 0.6) is 0 Å². The van der Waals surface area contributed by atoms with Crippen LogP contribution in [0.25, 0.3) is 0 Å². The number of nitrogens with one attached hydrogen (secondary N) is 1. The number of hydrogen-bond acceptors (Lipinski definition) is 4. The van der Waals surface area contributed by atoms with E-state index in [2.05, 4.69) is 12.2 Å². The molecule has 0 heterocycles. The normalized spacial score (nSPS) is 16.9. The second-order valence-corrected chi connectivity index (χ2v) is 7.58. The maximum Gasteiger partial charge on any atom is 0.339 e. The van der Waals surface area contributed by atoms with Gasteiger partial charge in [0.15, 0.2) is 0 Å². The van der Waals surface area contributed by atoms with Crippen LogP contribution in [0.2, 0.25) is 10.0 Å². The number of anilines is 1. The molecular weight excluding hydrogens is 389 g/mol. The zero-order valence-corrected chi connectivity index (χ0v) is 17.0. The number of carbonyl (C=O) groups excluding carboxylic acids is 3. The minimum absolute atomic E-state index is 0.0597. The van der Waals surface area contributed by atoms with Crippen molar-refractivity contribution >= 4 is 46.5 Å². The van der Waals surface area contributed by atoms with E-state index in [9.17, 15) is 14.4 Å². The first-order chi connectivity index (χ1) is 12.9. The van der Waals surface area contributed by atoms with Gasteiger partial charge < -0.3 is 10.1 Å². The number of halogens is 2. The van der Waals surface area contributed by atoms with Gasteiger partial charge in [-0.2, -0.15) is 0 Å². The van der Waals surface area contributed by atoms with E-state index in [-0.39, 0.29) is 27.1 Å². The summed E-state index contributed by atoms with van der Waals surface area (Å²) in [6.45, 7) is 2.42. The van der Waals surface area contributed by atoms with E-state index in [1.165, 1.54) is 12.1 Å². The molecule has 2 rings (SSSR count). The van der Waals surface area contributed by atoms with Crippen molar-refractivity contribution in [3.8, 4) is 0 Å². The Kier molecular flexibility index (Phi) is 8.58. The van der Waals surface area contributed by atoms with Crippen LogP contribution in [0, 0.1) is 5.92 Å². The number of carbonyl (C=O) groups is 3. The maximum absolute atomic E-state index is 12.4. The van der Waals surface area contributed by atoms with Gasteiger partial charge in [-0.05, 0) is 31.4 Å². The third kappa shape index (κ3) is 6.22. The summed E-state index contributed by atoms with van der Waals surface area (Å²) in [6.07, 6.45) is 6.59. The van der Waals surface area contributed by atoms with E-state index >= 15 is 0 Å². The largest absolute Gasteiger partial charge is 0.462 e. The molecule has 1 saturated carbocycles. The highest BCUT2D eigenvalue weighted by atomic mass is 35.5. The number of Topliss-reactive ketones (excluding diaryl/α,β-unsaturated/α-hetero) is 1. The second-order valence-electron chi connectivity index (χ2n) is 6.76. The van der Waals surface area contributed by atoms with Crippen molar-refractivity contribution in [1.82, 2.24) is 0 Å². The summed E-state index contributed by atoms with van der Waals surface area (Å²) in [6, 6.07) is 2.80. The Morgan fingerprint density at radius 2 is 1.93 bits per heavy atom. The molecule has 0 spiro atoms. The lowest BCUT2D eigenvalue weighted by Gasteiger charge is -2.20. The van der Waals surface area contributed by atoms with Gasteiger partial charge in [0.25, 0.3) is 0 Å². The summed E-state index contributed by atoms with van der Waals surface area (Å²) in [5.74, 6) is -1.68. The molecular formula is C20H25Cl2NO4. The van der Waals surface area contributed by atoms with Crippen LogP contribution < -0.4 is 5.32 Å². The highest BCUT2D eigenvalue weighted by molar-refractivity contribution is 6.38. The average Bonchev–Trinajstić information content (AvgIpc) is 2.63. The number of ketones is 1. The van der Waals surface area contributed by atoms with Crippen LogP contribution in [-0.4, -0.2) is 24.3 Å². The van der Waals surface area contributed by atoms with Gasteiger partial charge in [-0.1, -0.05) is 55.8 Å². The Labute approximate surface area is 169 Å². The van der Waals surface area contributed by atoms with Crippen molar-refractivity contribution in [2.45, 2.75) is 58.3 Å². The smallest absolute Gasteiger partial charge is 0.339 e. The fourth-order valence-corrected chi connectivity index (χ4v) is 3.56. The topological polar surface area (TPSA) is 72.5 Å².